The van der Waals surface area contributed by atoms with Crippen LogP contribution in [0.5, 0.6) is 0 Å². The first-order valence-electron chi connectivity index (χ1n) is 15.6. The highest BCUT2D eigenvalue weighted by atomic mass is 32.2. The van der Waals surface area contributed by atoms with Gasteiger partial charge in [-0.2, -0.15) is 0 Å². The summed E-state index contributed by atoms with van der Waals surface area (Å²) < 4.78 is 16.8. The Morgan fingerprint density at radius 2 is 1.53 bits per heavy atom. The van der Waals surface area contributed by atoms with Gasteiger partial charge < -0.3 is 9.41 Å². The van der Waals surface area contributed by atoms with E-state index in [1.165, 1.54) is 58.3 Å². The third-order valence-corrected chi connectivity index (χ3v) is 8.67. The van der Waals surface area contributed by atoms with E-state index in [-0.39, 0.29) is 5.82 Å². The molecule has 1 N–H and O–H groups in total. The molecule has 4 rings (SSSR count). The molecular weight excluding hydrogens is 551 g/mol. The minimum atomic E-state index is -0.227. The Morgan fingerprint density at radius 1 is 0.977 bits per heavy atom. The van der Waals surface area contributed by atoms with Crippen LogP contribution >= 0.6 is 11.9 Å². The van der Waals surface area contributed by atoms with Gasteiger partial charge >= 0.3 is 0 Å². The van der Waals surface area contributed by atoms with Crippen LogP contribution in [-0.2, 0) is 12.8 Å². The van der Waals surface area contributed by atoms with Crippen molar-refractivity contribution in [3.63, 3.8) is 0 Å². The standard InChI is InChI=1S/C27H29FN2S.C6H14.C4H10.CH4O/c1-7-8-22-17(3)27-25(18(4)24(22)20-11-9-16(2)10-12-20)26-21(13-14-30(27)31-6)15-23(28)19(5)29-26;1-5-6(2,3)4;1-3-4-2;1-2/h7,9-12,15H,1,8,13-14H2,2-6H3;5H2,1-4H3;3-4H2,1-2H3;2H,1H3. The second kappa shape index (κ2) is 18.2. The summed E-state index contributed by atoms with van der Waals surface area (Å²) in [5.74, 6) is -0.227. The number of allylic oxidation sites excluding steroid dienone is 1. The number of aromatic nitrogens is 1. The number of pyridine rings is 1. The molecule has 1 aliphatic rings. The predicted octanol–water partition coefficient (Wildman–Crippen LogP) is 11.0. The van der Waals surface area contributed by atoms with Gasteiger partial charge in [-0.05, 0) is 85.4 Å². The summed E-state index contributed by atoms with van der Waals surface area (Å²) in [7, 11) is 1.00. The van der Waals surface area contributed by atoms with Crippen LogP contribution in [0.25, 0.3) is 22.4 Å². The van der Waals surface area contributed by atoms with Crippen molar-refractivity contribution in [3.05, 3.63) is 82.3 Å². The number of halogens is 1. The highest BCUT2D eigenvalue weighted by Gasteiger charge is 2.29. The molecule has 0 unspecified atom stereocenters. The van der Waals surface area contributed by atoms with E-state index in [2.05, 4.69) is 104 Å². The van der Waals surface area contributed by atoms with E-state index in [0.717, 1.165) is 43.3 Å². The van der Waals surface area contributed by atoms with Crippen molar-refractivity contribution in [1.82, 2.24) is 4.98 Å². The SMILES string of the molecule is C=CCc1c(C)c2c(c(C)c1-c1ccc(C)cc1)-c1nc(C)c(F)cc1CCN2SC.CCC(C)(C)C.CCCC.CO. The quantitative estimate of drug-likeness (QED) is 0.231. The lowest BCUT2D eigenvalue weighted by atomic mass is 9.84. The van der Waals surface area contributed by atoms with Crippen molar-refractivity contribution in [2.24, 2.45) is 5.41 Å². The molecule has 0 atom stereocenters. The van der Waals surface area contributed by atoms with E-state index in [0.29, 0.717) is 11.1 Å². The van der Waals surface area contributed by atoms with Gasteiger partial charge in [-0.1, -0.05) is 109 Å². The first kappa shape index (κ1) is 38.4. The minimum absolute atomic E-state index is 0.227. The van der Waals surface area contributed by atoms with Crippen LogP contribution in [0, 0.1) is 38.9 Å². The largest absolute Gasteiger partial charge is 0.400 e. The molecule has 3 nitrogen and oxygen atoms in total. The fourth-order valence-corrected chi connectivity index (χ4v) is 5.39. The van der Waals surface area contributed by atoms with Crippen LogP contribution in [0.15, 0.2) is 43.0 Å². The summed E-state index contributed by atoms with van der Waals surface area (Å²) in [6, 6.07) is 10.4. The average molecular weight is 609 g/mol. The maximum Gasteiger partial charge on any atom is 0.144 e. The molecule has 0 aliphatic carbocycles. The number of rotatable bonds is 5. The molecule has 2 heterocycles. The molecule has 0 spiro atoms. The van der Waals surface area contributed by atoms with E-state index in [9.17, 15) is 4.39 Å². The molecule has 0 saturated carbocycles. The zero-order valence-electron chi connectivity index (χ0n) is 29.0. The molecule has 0 bridgehead atoms. The summed E-state index contributed by atoms with van der Waals surface area (Å²) in [5, 5.41) is 7.00. The second-order valence-corrected chi connectivity index (χ2v) is 13.0. The van der Waals surface area contributed by atoms with Gasteiger partial charge in [0.05, 0.1) is 17.1 Å². The molecule has 43 heavy (non-hydrogen) atoms. The summed E-state index contributed by atoms with van der Waals surface area (Å²) in [4.78, 5) is 4.78. The van der Waals surface area contributed by atoms with Gasteiger partial charge in [0.15, 0.2) is 0 Å². The molecule has 0 saturated heterocycles. The fourth-order valence-electron chi connectivity index (χ4n) is 4.70. The molecule has 1 aromatic heterocycles. The topological polar surface area (TPSA) is 36.4 Å². The molecular formula is C38H57FN2OS. The number of aryl methyl sites for hydroxylation is 2. The van der Waals surface area contributed by atoms with Gasteiger partial charge in [-0.3, -0.25) is 0 Å². The van der Waals surface area contributed by atoms with E-state index < -0.39 is 0 Å². The van der Waals surface area contributed by atoms with E-state index in [1.54, 1.807) is 24.9 Å². The number of fused-ring (bicyclic) bond motifs is 3. The monoisotopic (exact) mass is 608 g/mol. The van der Waals surface area contributed by atoms with E-state index in [4.69, 9.17) is 10.1 Å². The Morgan fingerprint density at radius 3 is 2.00 bits per heavy atom. The zero-order chi connectivity index (χ0) is 32.9. The van der Waals surface area contributed by atoms with Crippen LogP contribution in [0.2, 0.25) is 0 Å². The third kappa shape index (κ3) is 10.2. The lowest BCUT2D eigenvalue weighted by molar-refractivity contribution is 0.398. The Labute approximate surface area is 267 Å². The molecule has 0 radical (unpaired) electrons. The highest BCUT2D eigenvalue weighted by molar-refractivity contribution is 8.00. The van der Waals surface area contributed by atoms with Crippen LogP contribution in [0.4, 0.5) is 10.1 Å². The molecule has 0 fully saturated rings. The Hall–Kier alpha value is -2.63. The number of unbranched alkanes of at least 4 members (excludes halogenated alkanes) is 1. The lowest BCUT2D eigenvalue weighted by Gasteiger charge is -2.29. The van der Waals surface area contributed by atoms with Crippen molar-refractivity contribution in [3.8, 4) is 22.4 Å². The smallest absolute Gasteiger partial charge is 0.144 e. The van der Waals surface area contributed by atoms with Crippen molar-refractivity contribution < 1.29 is 9.50 Å². The van der Waals surface area contributed by atoms with Crippen molar-refractivity contribution >= 4 is 17.6 Å². The molecule has 1 aliphatic heterocycles. The maximum atomic E-state index is 14.4. The Balaban J connectivity index is 0.000000660. The number of hydrogen-bond donors (Lipinski definition) is 1. The van der Waals surface area contributed by atoms with Crippen molar-refractivity contribution in [2.75, 3.05) is 24.2 Å². The molecule has 0 amide bonds. The van der Waals surface area contributed by atoms with Gasteiger partial charge in [0, 0.05) is 25.5 Å². The van der Waals surface area contributed by atoms with Crippen LogP contribution in [0.3, 0.4) is 0 Å². The number of nitrogens with zero attached hydrogens (tertiary/aromatic N) is 2. The normalized spacial score (nSPS) is 11.8. The summed E-state index contributed by atoms with van der Waals surface area (Å²) in [6.07, 6.45) is 9.57. The maximum absolute atomic E-state index is 14.4. The van der Waals surface area contributed by atoms with Gasteiger partial charge in [0.25, 0.3) is 0 Å². The zero-order valence-corrected chi connectivity index (χ0v) is 29.9. The predicted molar refractivity (Wildman–Crippen MR) is 191 cm³/mol. The van der Waals surface area contributed by atoms with E-state index >= 15 is 0 Å². The summed E-state index contributed by atoms with van der Waals surface area (Å²) in [5.41, 5.74) is 12.7. The van der Waals surface area contributed by atoms with Crippen LogP contribution in [0.1, 0.15) is 94.3 Å². The average Bonchev–Trinajstić information content (AvgIpc) is 3.15. The van der Waals surface area contributed by atoms with Crippen LogP contribution in [-0.4, -0.2) is 30.0 Å². The Bertz CT molecular complexity index is 1310. The highest BCUT2D eigenvalue weighted by Crippen LogP contribution is 2.48. The summed E-state index contributed by atoms with van der Waals surface area (Å²) in [6.45, 7) is 26.4. The first-order chi connectivity index (χ1) is 20.3. The molecule has 2 aromatic carbocycles. The number of aliphatic hydroxyl groups is 1. The first-order valence-corrected chi connectivity index (χ1v) is 16.8. The molecule has 3 aromatic rings. The second-order valence-electron chi connectivity index (χ2n) is 12.2. The Kier molecular flexibility index (Phi) is 16.3. The van der Waals surface area contributed by atoms with Gasteiger partial charge in [0.2, 0.25) is 0 Å². The number of benzene rings is 2. The van der Waals surface area contributed by atoms with Gasteiger partial charge in [0.1, 0.15) is 5.82 Å². The van der Waals surface area contributed by atoms with E-state index in [1.807, 2.05) is 6.08 Å². The third-order valence-electron chi connectivity index (χ3n) is 7.87. The van der Waals surface area contributed by atoms with Gasteiger partial charge in [-0.25, -0.2) is 9.37 Å². The number of aliphatic hydroxyl groups excluding tert-OH is 1. The number of hydrogen-bond acceptors (Lipinski definition) is 4. The fraction of sp³-hybridized carbons (Fsp3) is 0.500. The van der Waals surface area contributed by atoms with Gasteiger partial charge in [-0.15, -0.1) is 6.58 Å². The molecule has 238 valence electrons. The molecule has 5 heteroatoms. The minimum Gasteiger partial charge on any atom is -0.400 e. The summed E-state index contributed by atoms with van der Waals surface area (Å²) >= 11 is 1.72. The van der Waals surface area contributed by atoms with Crippen molar-refractivity contribution in [2.45, 2.75) is 101 Å². The number of anilines is 1. The lowest BCUT2D eigenvalue weighted by Crippen LogP contribution is -2.18. The van der Waals surface area contributed by atoms with Crippen LogP contribution < -0.4 is 4.31 Å². The van der Waals surface area contributed by atoms with Crippen molar-refractivity contribution in [1.29, 1.82) is 0 Å².